The van der Waals surface area contributed by atoms with Gasteiger partial charge in [-0.25, -0.2) is 4.98 Å². The second-order valence-electron chi connectivity index (χ2n) is 5.87. The maximum absolute atomic E-state index is 13.0. The van der Waals surface area contributed by atoms with Crippen LogP contribution in [0.15, 0.2) is 29.3 Å². The molecule has 3 heterocycles. The molecule has 0 aromatic carbocycles. The molecule has 108 valence electrons. The molecule has 3 aromatic heterocycles. The Bertz CT molecular complexity index is 873. The summed E-state index contributed by atoms with van der Waals surface area (Å²) in [7, 11) is 0. The van der Waals surface area contributed by atoms with Crippen LogP contribution in [0.3, 0.4) is 0 Å². The largest absolute Gasteiger partial charge is 0.281 e. The standard InChI is InChI=1S/C16H17N3OS/c1-10-5-6-12-13(9-10)21-15-14(12)16(20)19(11(2)17-15)18-7-3-4-8-18/h3-4,7-8,10H,5-6,9H2,1-2H3/t10-/m1/s1. The number of hydrogen-bond donors (Lipinski definition) is 0. The number of aromatic nitrogens is 3. The zero-order valence-corrected chi connectivity index (χ0v) is 13.0. The third-order valence-corrected chi connectivity index (χ3v) is 5.44. The molecule has 0 amide bonds. The van der Waals surface area contributed by atoms with Crippen LogP contribution in [-0.4, -0.2) is 14.3 Å². The molecule has 21 heavy (non-hydrogen) atoms. The van der Waals surface area contributed by atoms with Gasteiger partial charge in [0.2, 0.25) is 0 Å². The molecule has 0 fully saturated rings. The van der Waals surface area contributed by atoms with Gasteiger partial charge in [-0.2, -0.15) is 4.68 Å². The lowest BCUT2D eigenvalue weighted by molar-refractivity contribution is 0.508. The fourth-order valence-electron chi connectivity index (χ4n) is 3.21. The van der Waals surface area contributed by atoms with Crippen LogP contribution in [0.1, 0.15) is 29.6 Å². The van der Waals surface area contributed by atoms with E-state index in [1.165, 1.54) is 10.4 Å². The van der Waals surface area contributed by atoms with Crippen molar-refractivity contribution in [2.75, 3.05) is 0 Å². The summed E-state index contributed by atoms with van der Waals surface area (Å²) >= 11 is 1.70. The van der Waals surface area contributed by atoms with Gasteiger partial charge in [-0.15, -0.1) is 11.3 Å². The summed E-state index contributed by atoms with van der Waals surface area (Å²) in [5.74, 6) is 1.44. The van der Waals surface area contributed by atoms with E-state index in [2.05, 4.69) is 11.9 Å². The molecule has 0 radical (unpaired) electrons. The minimum atomic E-state index is 0.0563. The van der Waals surface area contributed by atoms with E-state index >= 15 is 0 Å². The van der Waals surface area contributed by atoms with Gasteiger partial charge >= 0.3 is 0 Å². The predicted molar refractivity (Wildman–Crippen MR) is 85.0 cm³/mol. The van der Waals surface area contributed by atoms with Crippen molar-refractivity contribution < 1.29 is 0 Å². The first-order valence-corrected chi connectivity index (χ1v) is 8.14. The van der Waals surface area contributed by atoms with Crippen LogP contribution in [0.4, 0.5) is 0 Å². The Morgan fingerprint density at radius 3 is 2.86 bits per heavy atom. The molecule has 4 rings (SSSR count). The molecule has 1 atom stereocenters. The molecule has 3 aromatic rings. The number of thiophene rings is 1. The Hall–Kier alpha value is -1.88. The van der Waals surface area contributed by atoms with Gasteiger partial charge in [0.25, 0.3) is 5.56 Å². The Morgan fingerprint density at radius 1 is 1.33 bits per heavy atom. The normalized spacial score (nSPS) is 18.1. The first kappa shape index (κ1) is 12.8. The van der Waals surface area contributed by atoms with Gasteiger partial charge in [-0.1, -0.05) is 6.92 Å². The summed E-state index contributed by atoms with van der Waals surface area (Å²) < 4.78 is 3.47. The maximum Gasteiger partial charge on any atom is 0.281 e. The number of nitrogens with zero attached hydrogens (tertiary/aromatic N) is 3. The highest BCUT2D eigenvalue weighted by molar-refractivity contribution is 7.18. The van der Waals surface area contributed by atoms with Gasteiger partial charge in [0.15, 0.2) is 0 Å². The van der Waals surface area contributed by atoms with Crippen LogP contribution in [-0.2, 0) is 12.8 Å². The van der Waals surface area contributed by atoms with Crippen LogP contribution in [0.2, 0.25) is 0 Å². The van der Waals surface area contributed by atoms with E-state index in [-0.39, 0.29) is 5.56 Å². The van der Waals surface area contributed by atoms with E-state index in [9.17, 15) is 4.79 Å². The minimum absolute atomic E-state index is 0.0563. The van der Waals surface area contributed by atoms with E-state index in [4.69, 9.17) is 0 Å². The van der Waals surface area contributed by atoms with Gasteiger partial charge < -0.3 is 0 Å². The Morgan fingerprint density at radius 2 is 2.10 bits per heavy atom. The molecule has 1 aliphatic rings. The second kappa shape index (κ2) is 4.56. The molecular formula is C16H17N3OS. The van der Waals surface area contributed by atoms with Gasteiger partial charge in [0, 0.05) is 17.3 Å². The SMILES string of the molecule is Cc1nc2sc3c(c2c(=O)n1-n1cccc1)CC[C@@H](C)C3. The van der Waals surface area contributed by atoms with Gasteiger partial charge in [-0.3, -0.25) is 9.47 Å². The van der Waals surface area contributed by atoms with Crippen LogP contribution >= 0.6 is 11.3 Å². The molecule has 0 saturated carbocycles. The lowest BCUT2D eigenvalue weighted by Gasteiger charge is -2.17. The summed E-state index contributed by atoms with van der Waals surface area (Å²) in [5.41, 5.74) is 1.30. The summed E-state index contributed by atoms with van der Waals surface area (Å²) in [6.07, 6.45) is 7.00. The first-order chi connectivity index (χ1) is 10.1. The van der Waals surface area contributed by atoms with Gasteiger partial charge in [0.1, 0.15) is 10.7 Å². The molecule has 0 unspecified atom stereocenters. The van der Waals surface area contributed by atoms with Crippen molar-refractivity contribution in [3.8, 4) is 0 Å². The Balaban J connectivity index is 2.05. The lowest BCUT2D eigenvalue weighted by Crippen LogP contribution is -2.28. The van der Waals surface area contributed by atoms with E-state index < -0.39 is 0 Å². The molecule has 0 N–H and O–H groups in total. The zero-order valence-electron chi connectivity index (χ0n) is 12.2. The second-order valence-corrected chi connectivity index (χ2v) is 6.95. The summed E-state index contributed by atoms with van der Waals surface area (Å²) in [5, 5.41) is 0.834. The average Bonchev–Trinajstić information content (AvgIpc) is 3.05. The fraction of sp³-hybridized carbons (Fsp3) is 0.375. The Kier molecular flexibility index (Phi) is 2.79. The summed E-state index contributed by atoms with van der Waals surface area (Å²) in [6, 6.07) is 3.84. The number of aryl methyl sites for hydroxylation is 2. The van der Waals surface area contributed by atoms with Crippen LogP contribution in [0, 0.1) is 12.8 Å². The number of fused-ring (bicyclic) bond motifs is 3. The van der Waals surface area contributed by atoms with Crippen molar-refractivity contribution in [2.24, 2.45) is 5.92 Å². The molecule has 0 saturated heterocycles. The smallest absolute Gasteiger partial charge is 0.267 e. The topological polar surface area (TPSA) is 39.8 Å². The van der Waals surface area contributed by atoms with E-state index in [0.717, 1.165) is 35.3 Å². The third-order valence-electron chi connectivity index (χ3n) is 4.29. The van der Waals surface area contributed by atoms with Crippen molar-refractivity contribution in [3.05, 3.63) is 51.1 Å². The molecule has 0 aliphatic heterocycles. The molecule has 0 bridgehead atoms. The van der Waals surface area contributed by atoms with Crippen LogP contribution < -0.4 is 5.56 Å². The third kappa shape index (κ3) is 1.87. The van der Waals surface area contributed by atoms with Gasteiger partial charge in [-0.05, 0) is 49.8 Å². The highest BCUT2D eigenvalue weighted by Gasteiger charge is 2.24. The highest BCUT2D eigenvalue weighted by Crippen LogP contribution is 2.35. The van der Waals surface area contributed by atoms with E-state index in [0.29, 0.717) is 5.92 Å². The highest BCUT2D eigenvalue weighted by atomic mass is 32.1. The van der Waals surface area contributed by atoms with E-state index in [1.54, 1.807) is 20.7 Å². The summed E-state index contributed by atoms with van der Waals surface area (Å²) in [4.78, 5) is 19.9. The zero-order chi connectivity index (χ0) is 14.6. The van der Waals surface area contributed by atoms with Crippen LogP contribution in [0.25, 0.3) is 10.2 Å². The van der Waals surface area contributed by atoms with Crippen molar-refractivity contribution in [3.63, 3.8) is 0 Å². The first-order valence-electron chi connectivity index (χ1n) is 7.32. The lowest BCUT2D eigenvalue weighted by atomic mass is 9.89. The molecule has 1 aliphatic carbocycles. The molecule has 0 spiro atoms. The van der Waals surface area contributed by atoms with Crippen LogP contribution in [0.5, 0.6) is 0 Å². The number of rotatable bonds is 1. The van der Waals surface area contributed by atoms with Gasteiger partial charge in [0.05, 0.1) is 5.39 Å². The van der Waals surface area contributed by atoms with Crippen molar-refractivity contribution in [1.82, 2.24) is 14.3 Å². The molecule has 4 nitrogen and oxygen atoms in total. The fourth-order valence-corrected chi connectivity index (χ4v) is 4.63. The number of hydrogen-bond acceptors (Lipinski definition) is 3. The summed E-state index contributed by atoms with van der Waals surface area (Å²) in [6.45, 7) is 4.17. The van der Waals surface area contributed by atoms with Crippen molar-refractivity contribution in [2.45, 2.75) is 33.1 Å². The molecule has 5 heteroatoms. The quantitative estimate of drug-likeness (QED) is 0.693. The molecular weight excluding hydrogens is 282 g/mol. The monoisotopic (exact) mass is 299 g/mol. The average molecular weight is 299 g/mol. The van der Waals surface area contributed by atoms with Crippen molar-refractivity contribution >= 4 is 21.6 Å². The van der Waals surface area contributed by atoms with E-state index in [1.807, 2.05) is 31.5 Å². The predicted octanol–water partition coefficient (Wildman–Crippen LogP) is 3.00. The minimum Gasteiger partial charge on any atom is -0.267 e. The Labute approximate surface area is 126 Å². The van der Waals surface area contributed by atoms with Crippen molar-refractivity contribution in [1.29, 1.82) is 0 Å². The maximum atomic E-state index is 13.0.